The van der Waals surface area contributed by atoms with Crippen LogP contribution in [0.25, 0.3) is 10.8 Å². The van der Waals surface area contributed by atoms with Crippen LogP contribution in [0.4, 0.5) is 13.2 Å². The van der Waals surface area contributed by atoms with E-state index in [1.807, 2.05) is 13.0 Å². The fraction of sp³-hybridized carbons (Fsp3) is 0.227. The maximum absolute atomic E-state index is 12.7. The lowest BCUT2D eigenvalue weighted by Crippen LogP contribution is -2.34. The van der Waals surface area contributed by atoms with Crippen LogP contribution < -0.4 is 15.8 Å². The second kappa shape index (κ2) is 9.86. The van der Waals surface area contributed by atoms with E-state index in [1.165, 1.54) is 12.1 Å². The van der Waals surface area contributed by atoms with Crippen molar-refractivity contribution in [2.75, 3.05) is 6.54 Å². The number of amides is 1. The summed E-state index contributed by atoms with van der Waals surface area (Å²) >= 11 is 0. The fourth-order valence-electron chi connectivity index (χ4n) is 2.95. The van der Waals surface area contributed by atoms with Crippen molar-refractivity contribution >= 4 is 30.2 Å². The number of alkyl halides is 3. The van der Waals surface area contributed by atoms with Gasteiger partial charge < -0.3 is 15.8 Å². The molecule has 0 unspecified atom stereocenters. The SMILES string of the molecule is C[C@@H](CCN)NC(=O)c1ccc2c(Oc3ccc(C(F)(F)F)cc3)cccc2c1.S. The van der Waals surface area contributed by atoms with Gasteiger partial charge in [0.25, 0.3) is 5.91 Å². The molecule has 160 valence electrons. The van der Waals surface area contributed by atoms with E-state index in [4.69, 9.17) is 10.5 Å². The van der Waals surface area contributed by atoms with E-state index >= 15 is 0 Å². The van der Waals surface area contributed by atoms with Gasteiger partial charge in [-0.1, -0.05) is 12.1 Å². The first-order chi connectivity index (χ1) is 13.8. The number of hydrogen-bond acceptors (Lipinski definition) is 3. The molecular weight excluding hydrogens is 413 g/mol. The van der Waals surface area contributed by atoms with Crippen molar-refractivity contribution in [1.82, 2.24) is 5.32 Å². The van der Waals surface area contributed by atoms with Gasteiger partial charge in [-0.05, 0) is 73.8 Å². The molecule has 0 bridgehead atoms. The lowest BCUT2D eigenvalue weighted by molar-refractivity contribution is -0.137. The molecule has 30 heavy (non-hydrogen) atoms. The largest absolute Gasteiger partial charge is 0.457 e. The van der Waals surface area contributed by atoms with Gasteiger partial charge in [0.05, 0.1) is 5.56 Å². The first-order valence-corrected chi connectivity index (χ1v) is 9.17. The van der Waals surface area contributed by atoms with Gasteiger partial charge in [0.1, 0.15) is 11.5 Å². The molecule has 0 aromatic heterocycles. The van der Waals surface area contributed by atoms with Crippen LogP contribution in [0.1, 0.15) is 29.3 Å². The highest BCUT2D eigenvalue weighted by atomic mass is 32.1. The second-order valence-corrected chi connectivity index (χ2v) is 6.77. The molecular formula is C22H23F3N2O2S. The van der Waals surface area contributed by atoms with E-state index in [2.05, 4.69) is 5.32 Å². The minimum Gasteiger partial charge on any atom is -0.457 e. The smallest absolute Gasteiger partial charge is 0.416 e. The van der Waals surface area contributed by atoms with Crippen LogP contribution in [-0.4, -0.2) is 18.5 Å². The number of nitrogens with two attached hydrogens (primary N) is 1. The third-order valence-corrected chi connectivity index (χ3v) is 4.49. The van der Waals surface area contributed by atoms with Crippen molar-refractivity contribution in [2.45, 2.75) is 25.6 Å². The summed E-state index contributed by atoms with van der Waals surface area (Å²) in [4.78, 5) is 12.4. The predicted octanol–water partition coefficient (Wildman–Crippen LogP) is 5.23. The van der Waals surface area contributed by atoms with Gasteiger partial charge >= 0.3 is 6.18 Å². The molecule has 4 nitrogen and oxygen atoms in total. The summed E-state index contributed by atoms with van der Waals surface area (Å²) in [7, 11) is 0. The third-order valence-electron chi connectivity index (χ3n) is 4.49. The van der Waals surface area contributed by atoms with Crippen molar-refractivity contribution in [2.24, 2.45) is 5.73 Å². The number of nitrogens with one attached hydrogen (secondary N) is 1. The van der Waals surface area contributed by atoms with Crippen LogP contribution in [-0.2, 0) is 6.18 Å². The van der Waals surface area contributed by atoms with E-state index in [1.54, 1.807) is 30.3 Å². The Morgan fingerprint density at radius 3 is 2.43 bits per heavy atom. The number of carbonyl (C=O) groups excluding carboxylic acids is 1. The Morgan fingerprint density at radius 1 is 1.10 bits per heavy atom. The standard InChI is InChI=1S/C22H21F3N2O2.H2S/c1-14(11-12-26)27-21(28)16-5-10-19-15(13-16)3-2-4-20(19)29-18-8-6-17(7-9-18)22(23,24)25;/h2-10,13-14H,11-12,26H2,1H3,(H,27,28);1H2/t14-;/m0./s1. The lowest BCUT2D eigenvalue weighted by Gasteiger charge is -2.14. The van der Waals surface area contributed by atoms with E-state index in [-0.39, 0.29) is 25.4 Å². The Hall–Kier alpha value is -2.71. The average Bonchev–Trinajstić information content (AvgIpc) is 2.67. The molecule has 0 aliphatic carbocycles. The molecule has 0 aliphatic heterocycles. The van der Waals surface area contributed by atoms with Crippen molar-refractivity contribution in [3.8, 4) is 11.5 Å². The van der Waals surface area contributed by atoms with Crippen molar-refractivity contribution in [3.63, 3.8) is 0 Å². The van der Waals surface area contributed by atoms with Gasteiger partial charge in [-0.15, -0.1) is 0 Å². The van der Waals surface area contributed by atoms with Gasteiger partial charge in [-0.3, -0.25) is 4.79 Å². The molecule has 0 aliphatic rings. The number of halogens is 3. The molecule has 0 saturated carbocycles. The molecule has 3 aromatic carbocycles. The summed E-state index contributed by atoms with van der Waals surface area (Å²) in [5.74, 6) is 0.593. The molecule has 3 aromatic rings. The van der Waals surface area contributed by atoms with Gasteiger partial charge in [0.15, 0.2) is 0 Å². The number of benzene rings is 3. The summed E-state index contributed by atoms with van der Waals surface area (Å²) in [5.41, 5.74) is 5.28. The van der Waals surface area contributed by atoms with Crippen LogP contribution in [0.5, 0.6) is 11.5 Å². The number of fused-ring (bicyclic) bond motifs is 1. The fourth-order valence-corrected chi connectivity index (χ4v) is 2.95. The quantitative estimate of drug-likeness (QED) is 0.556. The minimum atomic E-state index is -4.39. The summed E-state index contributed by atoms with van der Waals surface area (Å²) in [6.45, 7) is 2.38. The summed E-state index contributed by atoms with van der Waals surface area (Å²) in [6.07, 6.45) is -3.71. The molecule has 1 atom stereocenters. The first kappa shape index (κ1) is 23.6. The van der Waals surface area contributed by atoms with E-state index in [9.17, 15) is 18.0 Å². The first-order valence-electron chi connectivity index (χ1n) is 9.17. The zero-order valence-corrected chi connectivity index (χ0v) is 17.3. The lowest BCUT2D eigenvalue weighted by atomic mass is 10.1. The maximum Gasteiger partial charge on any atom is 0.416 e. The molecule has 3 rings (SSSR count). The van der Waals surface area contributed by atoms with E-state index < -0.39 is 11.7 Å². The van der Waals surface area contributed by atoms with Gasteiger partial charge in [-0.2, -0.15) is 26.7 Å². The normalized spacial score (nSPS) is 12.2. The number of carbonyl (C=O) groups is 1. The Morgan fingerprint density at radius 2 is 1.80 bits per heavy atom. The second-order valence-electron chi connectivity index (χ2n) is 6.77. The summed E-state index contributed by atoms with van der Waals surface area (Å²) in [5, 5.41) is 4.43. The van der Waals surface area contributed by atoms with Crippen LogP contribution in [0, 0.1) is 0 Å². The van der Waals surface area contributed by atoms with Crippen LogP contribution in [0.15, 0.2) is 60.7 Å². The highest BCUT2D eigenvalue weighted by Crippen LogP contribution is 2.33. The Kier molecular flexibility index (Phi) is 7.75. The molecule has 8 heteroatoms. The Labute approximate surface area is 179 Å². The maximum atomic E-state index is 12.7. The highest BCUT2D eigenvalue weighted by Gasteiger charge is 2.30. The van der Waals surface area contributed by atoms with Gasteiger partial charge in [0, 0.05) is 17.0 Å². The zero-order chi connectivity index (χ0) is 21.0. The van der Waals surface area contributed by atoms with Crippen LogP contribution >= 0.6 is 13.5 Å². The number of rotatable bonds is 6. The third kappa shape index (κ3) is 5.67. The van der Waals surface area contributed by atoms with Crippen molar-refractivity contribution in [1.29, 1.82) is 0 Å². The molecule has 0 radical (unpaired) electrons. The van der Waals surface area contributed by atoms with Crippen molar-refractivity contribution < 1.29 is 22.7 Å². The van der Waals surface area contributed by atoms with Crippen molar-refractivity contribution in [3.05, 3.63) is 71.8 Å². The summed E-state index contributed by atoms with van der Waals surface area (Å²) in [6, 6.07) is 15.0. The number of ether oxygens (including phenoxy) is 1. The monoisotopic (exact) mass is 436 g/mol. The van der Waals surface area contributed by atoms with Gasteiger partial charge in [-0.25, -0.2) is 0 Å². The molecule has 0 spiro atoms. The van der Waals surface area contributed by atoms with E-state index in [0.29, 0.717) is 30.0 Å². The van der Waals surface area contributed by atoms with Crippen LogP contribution in [0.2, 0.25) is 0 Å². The molecule has 0 heterocycles. The highest BCUT2D eigenvalue weighted by molar-refractivity contribution is 7.59. The molecule has 0 fully saturated rings. The minimum absolute atomic E-state index is 0. The Bertz CT molecular complexity index is 1010. The topological polar surface area (TPSA) is 64.3 Å². The van der Waals surface area contributed by atoms with Gasteiger partial charge in [0.2, 0.25) is 0 Å². The average molecular weight is 436 g/mol. The zero-order valence-electron chi connectivity index (χ0n) is 16.3. The Balaban J connectivity index is 0.00000320. The molecule has 3 N–H and O–H groups in total. The van der Waals surface area contributed by atoms with E-state index in [0.717, 1.165) is 22.9 Å². The summed E-state index contributed by atoms with van der Waals surface area (Å²) < 4.78 is 43.9. The predicted molar refractivity (Wildman–Crippen MR) is 116 cm³/mol. The molecule has 1 amide bonds. The number of hydrogen-bond donors (Lipinski definition) is 2. The van der Waals surface area contributed by atoms with Crippen LogP contribution in [0.3, 0.4) is 0 Å². The molecule has 0 saturated heterocycles.